The Balaban J connectivity index is 2.72. The summed E-state index contributed by atoms with van der Waals surface area (Å²) in [5, 5.41) is 8.96. The molecule has 1 aromatic carbocycles. The van der Waals surface area contributed by atoms with E-state index in [1.165, 1.54) is 0 Å². The summed E-state index contributed by atoms with van der Waals surface area (Å²) in [5.74, 6) is -0.201. The van der Waals surface area contributed by atoms with Gasteiger partial charge in [0.25, 0.3) is 0 Å². The second kappa shape index (κ2) is 6.89. The van der Waals surface area contributed by atoms with Gasteiger partial charge in [-0.05, 0) is 30.9 Å². The van der Waals surface area contributed by atoms with Crippen LogP contribution < -0.4 is 10.6 Å². The van der Waals surface area contributed by atoms with E-state index in [4.69, 9.17) is 10.8 Å². The second-order valence-electron chi connectivity index (χ2n) is 4.91. The Kier molecular flexibility index (Phi) is 5.49. The van der Waals surface area contributed by atoms with Gasteiger partial charge < -0.3 is 15.7 Å². The third-order valence-corrected chi connectivity index (χ3v) is 2.81. The molecule has 100 valence electrons. The van der Waals surface area contributed by atoms with Crippen molar-refractivity contribution in [3.05, 3.63) is 24.3 Å². The van der Waals surface area contributed by atoms with Crippen molar-refractivity contribution in [2.75, 3.05) is 23.7 Å². The predicted molar refractivity (Wildman–Crippen MR) is 74.8 cm³/mol. The fraction of sp³-hybridized carbons (Fsp3) is 0.500. The molecule has 0 aliphatic carbocycles. The van der Waals surface area contributed by atoms with E-state index < -0.39 is 5.97 Å². The van der Waals surface area contributed by atoms with Crippen molar-refractivity contribution in [3.8, 4) is 0 Å². The standard InChI is InChI=1S/C14H22N2O2/c1-11(2)6-5-9-16(10-14(17)18)13-8-4-3-7-12(13)15/h3-4,7-8,11H,5-6,9-10,15H2,1-2H3,(H,17,18). The molecule has 0 spiro atoms. The molecule has 0 heterocycles. The lowest BCUT2D eigenvalue weighted by molar-refractivity contribution is -0.135. The van der Waals surface area contributed by atoms with Crippen LogP contribution in [0.25, 0.3) is 0 Å². The molecule has 3 N–H and O–H groups in total. The summed E-state index contributed by atoms with van der Waals surface area (Å²) in [6, 6.07) is 7.40. The number of carboxylic acid groups (broad SMARTS) is 1. The molecule has 4 nitrogen and oxygen atoms in total. The Morgan fingerprint density at radius 1 is 1.39 bits per heavy atom. The summed E-state index contributed by atoms with van der Waals surface area (Å²) >= 11 is 0. The maximum absolute atomic E-state index is 10.9. The fourth-order valence-corrected chi connectivity index (χ4v) is 1.91. The monoisotopic (exact) mass is 250 g/mol. The Morgan fingerprint density at radius 2 is 2.06 bits per heavy atom. The van der Waals surface area contributed by atoms with Crippen LogP contribution in [0.3, 0.4) is 0 Å². The first-order chi connectivity index (χ1) is 8.50. The molecule has 0 saturated heterocycles. The van der Waals surface area contributed by atoms with Crippen LogP contribution in [0.5, 0.6) is 0 Å². The van der Waals surface area contributed by atoms with Crippen LogP contribution in [0, 0.1) is 5.92 Å². The third kappa shape index (κ3) is 4.65. The molecule has 0 bridgehead atoms. The highest BCUT2D eigenvalue weighted by Crippen LogP contribution is 2.23. The lowest BCUT2D eigenvalue weighted by Gasteiger charge is -2.24. The van der Waals surface area contributed by atoms with E-state index in [1.807, 2.05) is 23.1 Å². The first kappa shape index (κ1) is 14.4. The van der Waals surface area contributed by atoms with Crippen LogP contribution in [-0.2, 0) is 4.79 Å². The normalized spacial score (nSPS) is 10.6. The van der Waals surface area contributed by atoms with Crippen LogP contribution >= 0.6 is 0 Å². The van der Waals surface area contributed by atoms with Crippen molar-refractivity contribution in [1.82, 2.24) is 0 Å². The minimum absolute atomic E-state index is 0.00763. The van der Waals surface area contributed by atoms with Crippen LogP contribution in [0.2, 0.25) is 0 Å². The van der Waals surface area contributed by atoms with Gasteiger partial charge in [0, 0.05) is 6.54 Å². The number of aliphatic carboxylic acids is 1. The van der Waals surface area contributed by atoms with Gasteiger partial charge in [-0.25, -0.2) is 0 Å². The third-order valence-electron chi connectivity index (χ3n) is 2.81. The zero-order chi connectivity index (χ0) is 13.5. The Hall–Kier alpha value is -1.71. The Bertz CT molecular complexity index is 391. The van der Waals surface area contributed by atoms with Crippen molar-refractivity contribution in [2.45, 2.75) is 26.7 Å². The first-order valence-corrected chi connectivity index (χ1v) is 6.32. The van der Waals surface area contributed by atoms with E-state index in [0.29, 0.717) is 11.6 Å². The summed E-state index contributed by atoms with van der Waals surface area (Å²) in [6.07, 6.45) is 2.06. The van der Waals surface area contributed by atoms with E-state index in [-0.39, 0.29) is 6.54 Å². The van der Waals surface area contributed by atoms with Crippen LogP contribution in [0.1, 0.15) is 26.7 Å². The van der Waals surface area contributed by atoms with E-state index in [1.54, 1.807) is 6.07 Å². The highest BCUT2D eigenvalue weighted by Gasteiger charge is 2.12. The number of para-hydroxylation sites is 2. The number of anilines is 2. The largest absolute Gasteiger partial charge is 0.480 e. The van der Waals surface area contributed by atoms with Gasteiger partial charge in [0.15, 0.2) is 0 Å². The minimum atomic E-state index is -0.831. The van der Waals surface area contributed by atoms with E-state index in [9.17, 15) is 4.79 Å². The van der Waals surface area contributed by atoms with Crippen LogP contribution in [-0.4, -0.2) is 24.2 Å². The number of rotatable bonds is 7. The molecule has 0 aliphatic rings. The number of carboxylic acids is 1. The highest BCUT2D eigenvalue weighted by molar-refractivity contribution is 5.77. The Morgan fingerprint density at radius 3 is 2.61 bits per heavy atom. The number of nitrogens with zero attached hydrogens (tertiary/aromatic N) is 1. The molecule has 0 aromatic heterocycles. The lowest BCUT2D eigenvalue weighted by atomic mass is 10.1. The average Bonchev–Trinajstić information content (AvgIpc) is 2.27. The SMILES string of the molecule is CC(C)CCCN(CC(=O)O)c1ccccc1N. The zero-order valence-electron chi connectivity index (χ0n) is 11.1. The smallest absolute Gasteiger partial charge is 0.323 e. The van der Waals surface area contributed by atoms with Crippen molar-refractivity contribution >= 4 is 17.3 Å². The van der Waals surface area contributed by atoms with Crippen LogP contribution in [0.15, 0.2) is 24.3 Å². The quantitative estimate of drug-likeness (QED) is 0.730. The molecule has 0 unspecified atom stereocenters. The predicted octanol–water partition coefficient (Wildman–Crippen LogP) is 2.60. The molecule has 4 heteroatoms. The van der Waals surface area contributed by atoms with Crippen molar-refractivity contribution in [2.24, 2.45) is 5.92 Å². The van der Waals surface area contributed by atoms with E-state index >= 15 is 0 Å². The minimum Gasteiger partial charge on any atom is -0.480 e. The summed E-state index contributed by atoms with van der Waals surface area (Å²) in [5.41, 5.74) is 7.33. The molecular weight excluding hydrogens is 228 g/mol. The molecule has 0 saturated carbocycles. The van der Waals surface area contributed by atoms with Gasteiger partial charge in [0.1, 0.15) is 6.54 Å². The van der Waals surface area contributed by atoms with Crippen molar-refractivity contribution in [3.63, 3.8) is 0 Å². The molecule has 0 amide bonds. The van der Waals surface area contributed by atoms with E-state index in [0.717, 1.165) is 25.1 Å². The number of hydrogen-bond acceptors (Lipinski definition) is 3. The van der Waals surface area contributed by atoms with Gasteiger partial charge in [-0.1, -0.05) is 26.0 Å². The van der Waals surface area contributed by atoms with Crippen LogP contribution in [0.4, 0.5) is 11.4 Å². The molecular formula is C14H22N2O2. The summed E-state index contributed by atoms with van der Waals surface area (Å²) in [4.78, 5) is 12.7. The number of hydrogen-bond donors (Lipinski definition) is 2. The molecule has 0 atom stereocenters. The van der Waals surface area contributed by atoms with Gasteiger partial charge in [-0.3, -0.25) is 4.79 Å². The number of carbonyl (C=O) groups is 1. The molecule has 0 fully saturated rings. The highest BCUT2D eigenvalue weighted by atomic mass is 16.4. The zero-order valence-corrected chi connectivity index (χ0v) is 11.1. The second-order valence-corrected chi connectivity index (χ2v) is 4.91. The Labute approximate surface area is 108 Å². The van der Waals surface area contributed by atoms with Crippen molar-refractivity contribution < 1.29 is 9.90 Å². The van der Waals surface area contributed by atoms with Gasteiger partial charge >= 0.3 is 5.97 Å². The summed E-state index contributed by atoms with van der Waals surface area (Å²) in [7, 11) is 0. The molecule has 0 radical (unpaired) electrons. The summed E-state index contributed by atoms with van der Waals surface area (Å²) in [6.45, 7) is 5.04. The van der Waals surface area contributed by atoms with Gasteiger partial charge in [-0.2, -0.15) is 0 Å². The molecule has 0 aliphatic heterocycles. The first-order valence-electron chi connectivity index (χ1n) is 6.32. The summed E-state index contributed by atoms with van der Waals surface area (Å²) < 4.78 is 0. The molecule has 1 rings (SSSR count). The number of benzene rings is 1. The number of nitrogens with two attached hydrogens (primary N) is 1. The lowest BCUT2D eigenvalue weighted by Crippen LogP contribution is -2.31. The van der Waals surface area contributed by atoms with Gasteiger partial charge in [-0.15, -0.1) is 0 Å². The number of nitrogen functional groups attached to an aromatic ring is 1. The molecule has 1 aromatic rings. The fourth-order valence-electron chi connectivity index (χ4n) is 1.91. The van der Waals surface area contributed by atoms with E-state index in [2.05, 4.69) is 13.8 Å². The maximum Gasteiger partial charge on any atom is 0.323 e. The maximum atomic E-state index is 10.9. The topological polar surface area (TPSA) is 66.6 Å². The molecule has 18 heavy (non-hydrogen) atoms. The average molecular weight is 250 g/mol. The van der Waals surface area contributed by atoms with Gasteiger partial charge in [0.05, 0.1) is 11.4 Å². The van der Waals surface area contributed by atoms with Crippen molar-refractivity contribution in [1.29, 1.82) is 0 Å². The van der Waals surface area contributed by atoms with Gasteiger partial charge in [0.2, 0.25) is 0 Å².